The summed E-state index contributed by atoms with van der Waals surface area (Å²) >= 11 is 0. The van der Waals surface area contributed by atoms with E-state index in [1.54, 1.807) is 0 Å². The van der Waals surface area contributed by atoms with E-state index in [2.05, 4.69) is 118 Å². The molecule has 1 saturated carbocycles. The molecule has 1 saturated heterocycles. The van der Waals surface area contributed by atoms with Gasteiger partial charge in [-0.05, 0) is 47.0 Å². The zero-order valence-corrected chi connectivity index (χ0v) is 23.2. The van der Waals surface area contributed by atoms with Crippen LogP contribution in [0.4, 0.5) is 0 Å². The van der Waals surface area contributed by atoms with Crippen molar-refractivity contribution in [1.29, 1.82) is 0 Å². The summed E-state index contributed by atoms with van der Waals surface area (Å²) in [6, 6.07) is 32.1. The molecule has 3 nitrogen and oxygen atoms in total. The predicted octanol–water partition coefficient (Wildman–Crippen LogP) is 5.35. The predicted molar refractivity (Wildman–Crippen MR) is 150 cm³/mol. The van der Waals surface area contributed by atoms with Crippen LogP contribution in [0, 0.1) is 16.7 Å². The highest BCUT2D eigenvalue weighted by atomic mass is 28.3. The Labute approximate surface area is 218 Å². The van der Waals surface area contributed by atoms with Crippen LogP contribution in [0.2, 0.25) is 0 Å². The van der Waals surface area contributed by atoms with E-state index in [0.29, 0.717) is 12.3 Å². The van der Waals surface area contributed by atoms with Crippen molar-refractivity contribution in [3.63, 3.8) is 0 Å². The SMILES string of the molecule is C[C@@H](c1ccccc1)N1C[C@@H](C2(C(O[SiH](c3ccccc3)c3ccccc3)C(C)(C)C)CC2)CC1=O. The molecular weight excluding hydrogens is 458 g/mol. The van der Waals surface area contributed by atoms with E-state index < -0.39 is 9.04 Å². The Kier molecular flexibility index (Phi) is 6.93. The van der Waals surface area contributed by atoms with Crippen LogP contribution in [0.5, 0.6) is 0 Å². The minimum absolute atomic E-state index is 0.0210. The third-order valence-corrected chi connectivity index (χ3v) is 10.9. The maximum atomic E-state index is 13.3. The van der Waals surface area contributed by atoms with Crippen LogP contribution in [0.3, 0.4) is 0 Å². The Morgan fingerprint density at radius 1 is 0.861 bits per heavy atom. The van der Waals surface area contributed by atoms with Crippen LogP contribution in [0.15, 0.2) is 91.0 Å². The molecule has 1 aliphatic heterocycles. The van der Waals surface area contributed by atoms with Gasteiger partial charge in [0.25, 0.3) is 0 Å². The molecular formula is C32H39NO2Si. The summed E-state index contributed by atoms with van der Waals surface area (Å²) in [5.41, 5.74) is 1.25. The minimum atomic E-state index is -1.91. The summed E-state index contributed by atoms with van der Waals surface area (Å²) < 4.78 is 7.35. The number of hydrogen-bond acceptors (Lipinski definition) is 2. The molecule has 1 heterocycles. The van der Waals surface area contributed by atoms with Crippen LogP contribution in [-0.2, 0) is 9.22 Å². The van der Waals surface area contributed by atoms with Gasteiger partial charge in [0.2, 0.25) is 14.9 Å². The van der Waals surface area contributed by atoms with Crippen molar-refractivity contribution in [2.45, 2.75) is 59.1 Å². The molecule has 0 aromatic heterocycles. The molecule has 1 unspecified atom stereocenters. The fourth-order valence-electron chi connectivity index (χ4n) is 6.37. The highest BCUT2D eigenvalue weighted by Gasteiger charge is 2.61. The van der Waals surface area contributed by atoms with E-state index in [1.165, 1.54) is 15.9 Å². The second-order valence-corrected chi connectivity index (χ2v) is 14.2. The Morgan fingerprint density at radius 3 is 1.83 bits per heavy atom. The Morgan fingerprint density at radius 2 is 1.36 bits per heavy atom. The molecule has 2 fully saturated rings. The van der Waals surface area contributed by atoms with Crippen molar-refractivity contribution >= 4 is 25.3 Å². The van der Waals surface area contributed by atoms with Gasteiger partial charge in [-0.15, -0.1) is 0 Å². The molecule has 188 valence electrons. The molecule has 0 N–H and O–H groups in total. The second kappa shape index (κ2) is 9.99. The summed E-state index contributed by atoms with van der Waals surface area (Å²) in [4.78, 5) is 15.4. The van der Waals surface area contributed by atoms with Gasteiger partial charge in [-0.3, -0.25) is 4.79 Å². The summed E-state index contributed by atoms with van der Waals surface area (Å²) in [6.45, 7) is 9.95. The smallest absolute Gasteiger partial charge is 0.240 e. The largest absolute Gasteiger partial charge is 0.407 e. The van der Waals surface area contributed by atoms with E-state index in [0.717, 1.165) is 19.4 Å². The van der Waals surface area contributed by atoms with Crippen molar-refractivity contribution in [1.82, 2.24) is 4.90 Å². The number of carbonyl (C=O) groups excluding carboxylic acids is 1. The quantitative estimate of drug-likeness (QED) is 0.393. The lowest BCUT2D eigenvalue weighted by Crippen LogP contribution is -2.53. The molecule has 3 aromatic rings. The first-order valence-electron chi connectivity index (χ1n) is 13.4. The standard InChI is InChI=1S/C32H39NO2Si/c1-24(25-14-8-5-9-15-25)33-23-26(22-29(33)34)32(20-21-32)30(31(2,3)4)35-36(27-16-10-6-11-17-27)28-18-12-7-13-19-28/h5-19,24,26,30,36H,20-23H2,1-4H3/t24-,26-,30?/m0/s1. The van der Waals surface area contributed by atoms with Gasteiger partial charge in [-0.2, -0.15) is 0 Å². The molecule has 0 radical (unpaired) electrons. The van der Waals surface area contributed by atoms with Crippen LogP contribution in [-0.4, -0.2) is 32.5 Å². The van der Waals surface area contributed by atoms with Gasteiger partial charge in [0.05, 0.1) is 12.1 Å². The second-order valence-electron chi connectivity index (χ2n) is 11.9. The maximum Gasteiger partial charge on any atom is 0.240 e. The summed E-state index contributed by atoms with van der Waals surface area (Å²) in [5.74, 6) is 0.622. The van der Waals surface area contributed by atoms with Crippen LogP contribution in [0.1, 0.15) is 58.6 Å². The molecule has 3 aromatic carbocycles. The molecule has 0 spiro atoms. The molecule has 2 aliphatic rings. The fraction of sp³-hybridized carbons (Fsp3) is 0.406. The molecule has 0 bridgehead atoms. The molecule has 5 rings (SSSR count). The monoisotopic (exact) mass is 497 g/mol. The summed E-state index contributed by atoms with van der Waals surface area (Å²) in [5, 5.41) is 2.63. The van der Waals surface area contributed by atoms with Crippen molar-refractivity contribution in [3.05, 3.63) is 96.6 Å². The Bertz CT molecular complexity index is 1120. The first-order valence-corrected chi connectivity index (χ1v) is 15.0. The van der Waals surface area contributed by atoms with Crippen LogP contribution >= 0.6 is 0 Å². The lowest BCUT2D eigenvalue weighted by Gasteiger charge is -2.43. The molecule has 36 heavy (non-hydrogen) atoms. The van der Waals surface area contributed by atoms with Crippen molar-refractivity contribution in [2.24, 2.45) is 16.7 Å². The van der Waals surface area contributed by atoms with Crippen molar-refractivity contribution < 1.29 is 9.22 Å². The lowest BCUT2D eigenvalue weighted by atomic mass is 9.72. The normalized spacial score (nSPS) is 21.0. The molecule has 1 aliphatic carbocycles. The zero-order chi connectivity index (χ0) is 25.3. The average Bonchev–Trinajstić information content (AvgIpc) is 3.59. The van der Waals surface area contributed by atoms with Gasteiger partial charge >= 0.3 is 0 Å². The third-order valence-electron chi connectivity index (χ3n) is 8.33. The number of carbonyl (C=O) groups is 1. The number of amides is 1. The minimum Gasteiger partial charge on any atom is -0.407 e. The zero-order valence-electron chi connectivity index (χ0n) is 22.1. The molecule has 3 atom stereocenters. The average molecular weight is 498 g/mol. The molecule has 4 heteroatoms. The van der Waals surface area contributed by atoms with Crippen molar-refractivity contribution in [3.8, 4) is 0 Å². The number of hydrogen-bond donors (Lipinski definition) is 0. The summed E-state index contributed by atoms with van der Waals surface area (Å²) in [7, 11) is -1.91. The van der Waals surface area contributed by atoms with Crippen molar-refractivity contribution in [2.75, 3.05) is 6.54 Å². The Balaban J connectivity index is 1.44. The van der Waals surface area contributed by atoms with E-state index >= 15 is 0 Å². The Hall–Kier alpha value is -2.69. The van der Waals surface area contributed by atoms with Gasteiger partial charge in [-0.1, -0.05) is 112 Å². The van der Waals surface area contributed by atoms with E-state index in [-0.39, 0.29) is 28.9 Å². The fourth-order valence-corrected chi connectivity index (χ4v) is 9.17. The van der Waals surface area contributed by atoms with E-state index in [4.69, 9.17) is 4.43 Å². The number of likely N-dealkylation sites (tertiary alicyclic amines) is 1. The summed E-state index contributed by atoms with van der Waals surface area (Å²) in [6.07, 6.45) is 3.03. The number of benzene rings is 3. The van der Waals surface area contributed by atoms with Gasteiger partial charge < -0.3 is 9.33 Å². The highest BCUT2D eigenvalue weighted by molar-refractivity contribution is 6.80. The first-order chi connectivity index (χ1) is 17.3. The van der Waals surface area contributed by atoms with Gasteiger partial charge in [0.1, 0.15) is 0 Å². The third kappa shape index (κ3) is 4.94. The lowest BCUT2D eigenvalue weighted by molar-refractivity contribution is -0.129. The van der Waals surface area contributed by atoms with Gasteiger partial charge in [0.15, 0.2) is 0 Å². The molecule has 1 amide bonds. The topological polar surface area (TPSA) is 29.5 Å². The van der Waals surface area contributed by atoms with Crippen LogP contribution < -0.4 is 10.4 Å². The highest BCUT2D eigenvalue weighted by Crippen LogP contribution is 2.62. The number of rotatable bonds is 8. The van der Waals surface area contributed by atoms with E-state index in [9.17, 15) is 4.79 Å². The van der Waals surface area contributed by atoms with Crippen LogP contribution in [0.25, 0.3) is 0 Å². The van der Waals surface area contributed by atoms with Gasteiger partial charge in [-0.25, -0.2) is 0 Å². The van der Waals surface area contributed by atoms with Gasteiger partial charge in [0, 0.05) is 18.4 Å². The van der Waals surface area contributed by atoms with E-state index in [1.807, 2.05) is 6.07 Å². The first kappa shape index (κ1) is 25.0. The number of nitrogens with zero attached hydrogens (tertiary/aromatic N) is 1. The maximum absolute atomic E-state index is 13.3.